The van der Waals surface area contributed by atoms with Crippen LogP contribution in [-0.4, -0.2) is 11.8 Å². The predicted molar refractivity (Wildman–Crippen MR) is 93.5 cm³/mol. The zero-order chi connectivity index (χ0) is 17.8. The number of hydrogen-bond donors (Lipinski definition) is 0. The standard InChI is InChI=1S/C22H27O3/c1-4-20(24)25-19-8-7-17-16-6-5-14-13-15(23)9-11-21(14,2)18(16)10-12-22(17,19)3/h16-18H,1-12H2/t16-,17-,18-,21-,22-/m0/s1. The van der Waals surface area contributed by atoms with Crippen LogP contribution in [0.5, 0.6) is 0 Å². The molecule has 4 rings (SSSR count). The topological polar surface area (TPSA) is 51.4 Å². The Labute approximate surface area is 150 Å². The SMILES string of the molecule is [CH2][C@]12CC[C@H]3[C@@H](CCC4=C=C([O-])CC[C@@]43[CH2+])[C@@H]1CCC2=[O+]C(=O)C[CH2-]. The van der Waals surface area contributed by atoms with Gasteiger partial charge in [-0.3, -0.25) is 4.42 Å². The van der Waals surface area contributed by atoms with E-state index in [4.69, 9.17) is 4.42 Å². The maximum absolute atomic E-state index is 11.8. The molecule has 0 aromatic heterocycles. The summed E-state index contributed by atoms with van der Waals surface area (Å²) < 4.78 is 5.63. The van der Waals surface area contributed by atoms with E-state index >= 15 is 0 Å². The van der Waals surface area contributed by atoms with Crippen molar-refractivity contribution in [2.24, 2.45) is 28.6 Å². The summed E-state index contributed by atoms with van der Waals surface area (Å²) in [4.78, 5) is 11.8. The second-order valence-corrected chi connectivity index (χ2v) is 8.48. The molecule has 0 saturated heterocycles. The minimum absolute atomic E-state index is 0.120. The number of allylic oxidation sites excluding steroid dienone is 1. The number of fused-ring (bicyclic) bond motifs is 5. The van der Waals surface area contributed by atoms with E-state index < -0.39 is 0 Å². The first-order chi connectivity index (χ1) is 11.9. The van der Waals surface area contributed by atoms with Crippen LogP contribution in [0.3, 0.4) is 0 Å². The first-order valence-corrected chi connectivity index (χ1v) is 9.61. The highest BCUT2D eigenvalue weighted by Gasteiger charge is 2.62. The summed E-state index contributed by atoms with van der Waals surface area (Å²) in [5.74, 6) is 2.29. The molecule has 4 aliphatic rings. The Morgan fingerprint density at radius 1 is 1.28 bits per heavy atom. The lowest BCUT2D eigenvalue weighted by Crippen LogP contribution is -2.50. The molecule has 1 radical (unpaired) electrons. The molecule has 5 atom stereocenters. The quantitative estimate of drug-likeness (QED) is 0.418. The molecule has 133 valence electrons. The lowest BCUT2D eigenvalue weighted by atomic mass is 9.48. The largest absolute Gasteiger partial charge is 0.870 e. The van der Waals surface area contributed by atoms with Crippen molar-refractivity contribution in [3.8, 4) is 0 Å². The average molecular weight is 339 g/mol. The van der Waals surface area contributed by atoms with Gasteiger partial charge in [0.2, 0.25) is 5.78 Å². The van der Waals surface area contributed by atoms with Crippen molar-refractivity contribution in [3.05, 3.63) is 37.8 Å². The Morgan fingerprint density at radius 2 is 2.08 bits per heavy atom. The second-order valence-electron chi connectivity index (χ2n) is 8.48. The minimum Gasteiger partial charge on any atom is -0.870 e. The monoisotopic (exact) mass is 339 g/mol. The third-order valence-electron chi connectivity index (χ3n) is 7.45. The fraction of sp³-hybridized carbons (Fsp3) is 0.636. The van der Waals surface area contributed by atoms with Gasteiger partial charge >= 0.3 is 5.97 Å². The van der Waals surface area contributed by atoms with Gasteiger partial charge in [-0.25, -0.2) is 0 Å². The van der Waals surface area contributed by atoms with Gasteiger partial charge in [-0.15, -0.1) is 5.73 Å². The first kappa shape index (κ1) is 17.0. The number of rotatable bonds is 1. The van der Waals surface area contributed by atoms with Gasteiger partial charge in [0, 0.05) is 29.1 Å². The van der Waals surface area contributed by atoms with Crippen molar-refractivity contribution in [1.82, 2.24) is 0 Å². The van der Waals surface area contributed by atoms with Gasteiger partial charge in [0.25, 0.3) is 0 Å². The molecule has 0 amide bonds. The Balaban J connectivity index is 1.66. The van der Waals surface area contributed by atoms with Crippen LogP contribution in [0.2, 0.25) is 0 Å². The molecule has 3 fully saturated rings. The van der Waals surface area contributed by atoms with Crippen molar-refractivity contribution >= 4 is 11.8 Å². The lowest BCUT2D eigenvalue weighted by molar-refractivity contribution is -0.382. The zero-order valence-electron chi connectivity index (χ0n) is 14.9. The van der Waals surface area contributed by atoms with Crippen LogP contribution in [0.4, 0.5) is 0 Å². The molecule has 25 heavy (non-hydrogen) atoms. The highest BCUT2D eigenvalue weighted by Crippen LogP contribution is 2.64. The van der Waals surface area contributed by atoms with Crippen molar-refractivity contribution in [2.45, 2.75) is 57.8 Å². The van der Waals surface area contributed by atoms with Crippen LogP contribution < -0.4 is 5.11 Å². The van der Waals surface area contributed by atoms with Crippen molar-refractivity contribution in [2.75, 3.05) is 0 Å². The predicted octanol–water partition coefficient (Wildman–Crippen LogP) is 3.28. The highest BCUT2D eigenvalue weighted by molar-refractivity contribution is 5.91. The Kier molecular flexibility index (Phi) is 3.92. The lowest BCUT2D eigenvalue weighted by Gasteiger charge is -2.52. The molecular weight excluding hydrogens is 312 g/mol. The van der Waals surface area contributed by atoms with E-state index in [1.807, 2.05) is 0 Å². The van der Waals surface area contributed by atoms with E-state index in [0.717, 1.165) is 56.3 Å². The summed E-state index contributed by atoms with van der Waals surface area (Å²) in [5.41, 5.74) is 3.92. The fourth-order valence-electron chi connectivity index (χ4n) is 6.18. The summed E-state index contributed by atoms with van der Waals surface area (Å²) >= 11 is 0. The maximum atomic E-state index is 11.8. The Morgan fingerprint density at radius 3 is 2.84 bits per heavy atom. The molecule has 3 saturated carbocycles. The van der Waals surface area contributed by atoms with E-state index in [1.165, 1.54) is 0 Å². The first-order valence-electron chi connectivity index (χ1n) is 9.61. The molecule has 0 N–H and O–H groups in total. The van der Waals surface area contributed by atoms with Crippen molar-refractivity contribution in [1.29, 1.82) is 0 Å². The maximum Gasteiger partial charge on any atom is 0.549 e. The molecule has 4 aliphatic carbocycles. The number of carbonyl (C=O) groups excluding carboxylic acids is 2. The van der Waals surface area contributed by atoms with Gasteiger partial charge in [0.05, 0.1) is 12.3 Å². The second kappa shape index (κ2) is 5.77. The molecule has 0 unspecified atom stereocenters. The molecule has 0 aliphatic heterocycles. The van der Waals surface area contributed by atoms with E-state index in [2.05, 4.69) is 26.5 Å². The zero-order valence-corrected chi connectivity index (χ0v) is 14.9. The fourth-order valence-corrected chi connectivity index (χ4v) is 6.18. The average Bonchev–Trinajstić information content (AvgIpc) is 2.92. The van der Waals surface area contributed by atoms with Crippen LogP contribution in [-0.2, 0) is 9.22 Å². The number of ketones is 1. The van der Waals surface area contributed by atoms with Gasteiger partial charge in [0.15, 0.2) is 0 Å². The van der Waals surface area contributed by atoms with Crippen molar-refractivity contribution in [3.63, 3.8) is 0 Å². The Bertz CT molecular complexity index is 696. The molecule has 3 heteroatoms. The molecule has 0 aromatic rings. The smallest absolute Gasteiger partial charge is 0.549 e. The van der Waals surface area contributed by atoms with Gasteiger partial charge in [-0.2, -0.15) is 0 Å². The van der Waals surface area contributed by atoms with Crippen LogP contribution >= 0.6 is 0 Å². The molecule has 0 bridgehead atoms. The van der Waals surface area contributed by atoms with Gasteiger partial charge in [-0.05, 0) is 63.7 Å². The third-order valence-corrected chi connectivity index (χ3v) is 7.45. The Hall–Kier alpha value is -1.47. The van der Waals surface area contributed by atoms with Gasteiger partial charge < -0.3 is 12.0 Å². The summed E-state index contributed by atoms with van der Waals surface area (Å²) in [6.45, 7) is 12.8. The summed E-state index contributed by atoms with van der Waals surface area (Å²) in [6, 6.07) is 0. The van der Waals surface area contributed by atoms with Crippen LogP contribution in [0.25, 0.3) is 0 Å². The van der Waals surface area contributed by atoms with Crippen LogP contribution in [0, 0.1) is 49.4 Å². The highest BCUT2D eigenvalue weighted by atomic mass is 16.5. The van der Waals surface area contributed by atoms with Gasteiger partial charge in [-0.1, -0.05) is 5.76 Å². The summed E-state index contributed by atoms with van der Waals surface area (Å²) in [5, 5.41) is 11.8. The normalized spacial score (nSPS) is 44.4. The van der Waals surface area contributed by atoms with E-state index in [1.54, 1.807) is 0 Å². The summed E-state index contributed by atoms with van der Waals surface area (Å²) in [7, 11) is 0. The van der Waals surface area contributed by atoms with E-state index in [0.29, 0.717) is 24.2 Å². The van der Waals surface area contributed by atoms with Crippen molar-refractivity contribution < 1.29 is 14.3 Å². The van der Waals surface area contributed by atoms with E-state index in [-0.39, 0.29) is 29.0 Å². The number of hydrogen-bond acceptors (Lipinski definition) is 2. The molecule has 0 spiro atoms. The van der Waals surface area contributed by atoms with E-state index in [9.17, 15) is 9.90 Å². The molecule has 0 heterocycles. The molecular formula is C22H27O3. The minimum atomic E-state index is -0.247. The third kappa shape index (κ3) is 2.43. The van der Waals surface area contributed by atoms with Crippen LogP contribution in [0.1, 0.15) is 57.8 Å². The molecule has 3 nitrogen and oxygen atoms in total. The molecule has 0 aromatic carbocycles. The van der Waals surface area contributed by atoms with Crippen LogP contribution in [0.15, 0.2) is 17.1 Å². The number of carbonyl (C=O) groups is 1. The van der Waals surface area contributed by atoms with Gasteiger partial charge in [0.1, 0.15) is 5.41 Å². The summed E-state index contributed by atoms with van der Waals surface area (Å²) in [6.07, 6.45) is 7.47.